The van der Waals surface area contributed by atoms with Crippen LogP contribution in [0.3, 0.4) is 0 Å². The Morgan fingerprint density at radius 2 is 1.88 bits per heavy atom. The lowest BCUT2D eigenvalue weighted by molar-refractivity contribution is 0.0240. The van der Waals surface area contributed by atoms with Crippen molar-refractivity contribution < 1.29 is 9.53 Å². The number of ether oxygens (including phenoxy) is 1. The van der Waals surface area contributed by atoms with E-state index in [-0.39, 0.29) is 6.09 Å². The van der Waals surface area contributed by atoms with E-state index in [2.05, 4.69) is 19.9 Å². The van der Waals surface area contributed by atoms with E-state index in [1.165, 1.54) is 6.33 Å². The van der Waals surface area contributed by atoms with Gasteiger partial charge in [-0.15, -0.1) is 0 Å². The highest BCUT2D eigenvalue weighted by Crippen LogP contribution is 2.24. The van der Waals surface area contributed by atoms with Gasteiger partial charge in [0.25, 0.3) is 0 Å². The summed E-state index contributed by atoms with van der Waals surface area (Å²) in [6, 6.07) is 3.54. The molecule has 8 heteroatoms. The first-order valence-corrected chi connectivity index (χ1v) is 8.21. The quantitative estimate of drug-likeness (QED) is 0.737. The molecule has 2 aromatic heterocycles. The summed E-state index contributed by atoms with van der Waals surface area (Å²) < 4.78 is 5.42. The normalized spacial score (nSPS) is 15.7. The highest BCUT2D eigenvalue weighted by molar-refractivity contribution is 6.29. The van der Waals surface area contributed by atoms with Crippen LogP contribution < -0.4 is 4.90 Å². The Labute approximate surface area is 145 Å². The van der Waals surface area contributed by atoms with E-state index in [9.17, 15) is 4.79 Å². The third-order valence-corrected chi connectivity index (χ3v) is 3.87. The van der Waals surface area contributed by atoms with Crippen molar-refractivity contribution in [3.05, 3.63) is 23.6 Å². The Morgan fingerprint density at radius 3 is 2.54 bits per heavy atom. The number of carbonyl (C=O) groups excluding carboxylic acids is 1. The van der Waals surface area contributed by atoms with Crippen LogP contribution in [0.4, 0.5) is 10.6 Å². The standard InChI is InChI=1S/C16H20ClN5O2/c1-16(2,3)24-15(23)22-8-6-21(7-9-22)14-13-11(18-10-19-14)4-5-12(17)20-13/h4-5,10H,6-9H2,1-3H3. The molecule has 128 valence electrons. The van der Waals surface area contributed by atoms with Crippen LogP contribution in [0, 0.1) is 0 Å². The van der Waals surface area contributed by atoms with Gasteiger partial charge in [-0.1, -0.05) is 11.6 Å². The van der Waals surface area contributed by atoms with Crippen molar-refractivity contribution in [1.29, 1.82) is 0 Å². The van der Waals surface area contributed by atoms with Crippen molar-refractivity contribution in [3.8, 4) is 0 Å². The maximum Gasteiger partial charge on any atom is 0.410 e. The second kappa shape index (κ2) is 6.39. The molecule has 0 aliphatic carbocycles. The van der Waals surface area contributed by atoms with Crippen molar-refractivity contribution in [2.24, 2.45) is 0 Å². The zero-order chi connectivity index (χ0) is 17.3. The average Bonchev–Trinajstić information content (AvgIpc) is 2.53. The number of piperazine rings is 1. The topological polar surface area (TPSA) is 71.5 Å². The average molecular weight is 350 g/mol. The molecule has 1 aliphatic rings. The maximum atomic E-state index is 12.1. The number of hydrogen-bond acceptors (Lipinski definition) is 6. The Morgan fingerprint density at radius 1 is 1.17 bits per heavy atom. The molecule has 0 spiro atoms. The summed E-state index contributed by atoms with van der Waals surface area (Å²) >= 11 is 6.00. The number of fused-ring (bicyclic) bond motifs is 1. The van der Waals surface area contributed by atoms with Crippen molar-refractivity contribution in [1.82, 2.24) is 19.9 Å². The number of anilines is 1. The SMILES string of the molecule is CC(C)(C)OC(=O)N1CCN(c2ncnc3ccc(Cl)nc23)CC1. The minimum atomic E-state index is -0.488. The summed E-state index contributed by atoms with van der Waals surface area (Å²) in [7, 11) is 0. The highest BCUT2D eigenvalue weighted by Gasteiger charge is 2.27. The smallest absolute Gasteiger partial charge is 0.410 e. The number of carbonyl (C=O) groups is 1. The predicted molar refractivity (Wildman–Crippen MR) is 92.4 cm³/mol. The van der Waals surface area contributed by atoms with Gasteiger partial charge in [0.2, 0.25) is 0 Å². The Bertz CT molecular complexity index is 754. The van der Waals surface area contributed by atoms with Gasteiger partial charge in [0.15, 0.2) is 5.82 Å². The molecule has 0 unspecified atom stereocenters. The molecule has 24 heavy (non-hydrogen) atoms. The van der Waals surface area contributed by atoms with E-state index in [1.807, 2.05) is 26.8 Å². The van der Waals surface area contributed by atoms with Crippen molar-refractivity contribution in [2.45, 2.75) is 26.4 Å². The first-order valence-electron chi connectivity index (χ1n) is 7.83. The Kier molecular flexibility index (Phi) is 4.45. The molecule has 2 aromatic rings. The van der Waals surface area contributed by atoms with E-state index >= 15 is 0 Å². The van der Waals surface area contributed by atoms with E-state index in [1.54, 1.807) is 11.0 Å². The van der Waals surface area contributed by atoms with Gasteiger partial charge < -0.3 is 14.5 Å². The number of pyridine rings is 1. The largest absolute Gasteiger partial charge is 0.444 e. The van der Waals surface area contributed by atoms with Gasteiger partial charge in [-0.05, 0) is 32.9 Å². The molecule has 0 aromatic carbocycles. The molecule has 7 nitrogen and oxygen atoms in total. The van der Waals surface area contributed by atoms with Crippen LogP contribution in [-0.2, 0) is 4.74 Å². The Hall–Kier alpha value is -2.15. The minimum absolute atomic E-state index is 0.282. The first kappa shape index (κ1) is 16.7. The van der Waals surface area contributed by atoms with Crippen molar-refractivity contribution >= 4 is 34.5 Å². The molecule has 0 bridgehead atoms. The summed E-state index contributed by atoms with van der Waals surface area (Å²) in [6.07, 6.45) is 1.24. The first-order chi connectivity index (χ1) is 11.3. The lowest BCUT2D eigenvalue weighted by atomic mass is 10.2. The van der Waals surface area contributed by atoms with Gasteiger partial charge in [0.1, 0.15) is 22.6 Å². The predicted octanol–water partition coefficient (Wildman–Crippen LogP) is 2.74. The summed E-state index contributed by atoms with van der Waals surface area (Å²) in [6.45, 7) is 8.04. The summed E-state index contributed by atoms with van der Waals surface area (Å²) in [5.41, 5.74) is 0.937. The molecule has 1 fully saturated rings. The monoisotopic (exact) mass is 349 g/mol. The summed E-state index contributed by atoms with van der Waals surface area (Å²) in [4.78, 5) is 28.9. The second-order valence-electron chi connectivity index (χ2n) is 6.65. The molecular formula is C16H20ClN5O2. The number of rotatable bonds is 1. The van der Waals surface area contributed by atoms with Crippen LogP contribution in [0.5, 0.6) is 0 Å². The van der Waals surface area contributed by atoms with Gasteiger partial charge in [-0.2, -0.15) is 0 Å². The number of hydrogen-bond donors (Lipinski definition) is 0. The van der Waals surface area contributed by atoms with E-state index in [0.717, 1.165) is 11.3 Å². The van der Waals surface area contributed by atoms with Gasteiger partial charge in [-0.3, -0.25) is 0 Å². The molecular weight excluding hydrogens is 330 g/mol. The molecule has 0 saturated carbocycles. The minimum Gasteiger partial charge on any atom is -0.444 e. The molecule has 1 saturated heterocycles. The molecule has 3 heterocycles. The van der Waals surface area contributed by atoms with Crippen LogP contribution in [0.2, 0.25) is 5.15 Å². The highest BCUT2D eigenvalue weighted by atomic mass is 35.5. The molecule has 1 amide bonds. The van der Waals surface area contributed by atoms with Crippen LogP contribution >= 0.6 is 11.6 Å². The van der Waals surface area contributed by atoms with Crippen molar-refractivity contribution in [2.75, 3.05) is 31.1 Å². The van der Waals surface area contributed by atoms with Crippen LogP contribution in [0.1, 0.15) is 20.8 Å². The second-order valence-corrected chi connectivity index (χ2v) is 7.04. The number of aromatic nitrogens is 3. The van der Waals surface area contributed by atoms with E-state index in [0.29, 0.717) is 36.8 Å². The zero-order valence-electron chi connectivity index (χ0n) is 14.0. The molecule has 3 rings (SSSR count). The Balaban J connectivity index is 1.73. The summed E-state index contributed by atoms with van der Waals surface area (Å²) in [5, 5.41) is 0.408. The van der Waals surface area contributed by atoms with Crippen molar-refractivity contribution in [3.63, 3.8) is 0 Å². The zero-order valence-corrected chi connectivity index (χ0v) is 14.7. The van der Waals surface area contributed by atoms with Gasteiger partial charge in [-0.25, -0.2) is 19.7 Å². The van der Waals surface area contributed by atoms with Gasteiger partial charge >= 0.3 is 6.09 Å². The fraction of sp³-hybridized carbons (Fsp3) is 0.500. The third-order valence-electron chi connectivity index (χ3n) is 3.66. The molecule has 0 N–H and O–H groups in total. The third kappa shape index (κ3) is 3.67. The lowest BCUT2D eigenvalue weighted by Crippen LogP contribution is -2.50. The van der Waals surface area contributed by atoms with Gasteiger partial charge in [0.05, 0.1) is 5.52 Å². The van der Waals surface area contributed by atoms with Crippen LogP contribution in [-0.4, -0.2) is 57.7 Å². The number of halogens is 1. The summed E-state index contributed by atoms with van der Waals surface area (Å²) in [5.74, 6) is 0.742. The van der Waals surface area contributed by atoms with Crippen LogP contribution in [0.25, 0.3) is 11.0 Å². The molecule has 0 radical (unpaired) electrons. The van der Waals surface area contributed by atoms with Crippen LogP contribution in [0.15, 0.2) is 18.5 Å². The van der Waals surface area contributed by atoms with E-state index in [4.69, 9.17) is 16.3 Å². The van der Waals surface area contributed by atoms with Gasteiger partial charge in [0, 0.05) is 26.2 Å². The fourth-order valence-electron chi connectivity index (χ4n) is 2.56. The number of amides is 1. The van der Waals surface area contributed by atoms with E-state index < -0.39 is 5.60 Å². The molecule has 0 atom stereocenters. The molecule has 1 aliphatic heterocycles. The maximum absolute atomic E-state index is 12.1. The fourth-order valence-corrected chi connectivity index (χ4v) is 2.71. The lowest BCUT2D eigenvalue weighted by Gasteiger charge is -2.36. The number of nitrogens with zero attached hydrogens (tertiary/aromatic N) is 5.